The van der Waals surface area contributed by atoms with E-state index in [-0.39, 0.29) is 11.2 Å². The summed E-state index contributed by atoms with van der Waals surface area (Å²) in [6, 6.07) is 16.5. The molecule has 2 aromatic carbocycles. The lowest BCUT2D eigenvalue weighted by Crippen LogP contribution is -2.31. The molecule has 0 aliphatic carbocycles. The van der Waals surface area contributed by atoms with Crippen LogP contribution in [-0.4, -0.2) is 12.6 Å². The minimum absolute atomic E-state index is 0.158. The molecule has 0 spiro atoms. The van der Waals surface area contributed by atoms with E-state index in [0.29, 0.717) is 6.04 Å². The third kappa shape index (κ3) is 3.74. The molecule has 122 valence electrons. The Morgan fingerprint density at radius 3 is 2.26 bits per heavy atom. The number of rotatable bonds is 3. The molecule has 1 heterocycles. The van der Waals surface area contributed by atoms with E-state index in [9.17, 15) is 4.39 Å². The molecule has 1 unspecified atom stereocenters. The van der Waals surface area contributed by atoms with Crippen molar-refractivity contribution >= 4 is 5.69 Å². The van der Waals surface area contributed by atoms with Crippen LogP contribution < -0.4 is 4.90 Å². The van der Waals surface area contributed by atoms with Crippen LogP contribution in [-0.2, 0) is 11.8 Å². The van der Waals surface area contributed by atoms with E-state index >= 15 is 0 Å². The highest BCUT2D eigenvalue weighted by Gasteiger charge is 2.25. The first-order chi connectivity index (χ1) is 10.9. The van der Waals surface area contributed by atoms with Gasteiger partial charge in [0.05, 0.1) is 0 Å². The second-order valence-corrected chi connectivity index (χ2v) is 7.62. The van der Waals surface area contributed by atoms with Gasteiger partial charge in [-0.25, -0.2) is 4.39 Å². The Morgan fingerprint density at radius 1 is 1.00 bits per heavy atom. The fourth-order valence-electron chi connectivity index (χ4n) is 3.43. The van der Waals surface area contributed by atoms with Gasteiger partial charge in [0.2, 0.25) is 0 Å². The van der Waals surface area contributed by atoms with E-state index in [1.54, 1.807) is 12.1 Å². The van der Waals surface area contributed by atoms with Gasteiger partial charge >= 0.3 is 0 Å². The third-order valence-corrected chi connectivity index (χ3v) is 4.83. The smallest absolute Gasteiger partial charge is 0.123 e. The molecule has 2 aromatic rings. The van der Waals surface area contributed by atoms with E-state index in [4.69, 9.17) is 0 Å². The predicted molar refractivity (Wildman–Crippen MR) is 95.6 cm³/mol. The average Bonchev–Trinajstić information content (AvgIpc) is 2.97. The first kappa shape index (κ1) is 16.0. The maximum Gasteiger partial charge on any atom is 0.123 e. The number of benzene rings is 2. The summed E-state index contributed by atoms with van der Waals surface area (Å²) in [6.07, 6.45) is 3.42. The van der Waals surface area contributed by atoms with Crippen LogP contribution in [0.15, 0.2) is 48.5 Å². The summed E-state index contributed by atoms with van der Waals surface area (Å²) in [7, 11) is 0. The quantitative estimate of drug-likeness (QED) is 0.740. The molecule has 1 nitrogen and oxygen atoms in total. The predicted octanol–water partition coefficient (Wildman–Crippen LogP) is 5.33. The van der Waals surface area contributed by atoms with Crippen molar-refractivity contribution in [3.63, 3.8) is 0 Å². The second-order valence-electron chi connectivity index (χ2n) is 7.62. The zero-order valence-electron chi connectivity index (χ0n) is 14.3. The molecule has 23 heavy (non-hydrogen) atoms. The first-order valence-electron chi connectivity index (χ1n) is 8.55. The molecule has 1 aliphatic heterocycles. The first-order valence-corrected chi connectivity index (χ1v) is 8.55. The van der Waals surface area contributed by atoms with E-state index in [2.05, 4.69) is 49.9 Å². The Bertz CT molecular complexity index is 637. The van der Waals surface area contributed by atoms with Crippen LogP contribution in [0.2, 0.25) is 0 Å². The standard InChI is InChI=1S/C21H26FN/c1-21(2,3)17-8-12-19(13-9-17)23-14-4-5-20(23)15-16-6-10-18(22)11-7-16/h6-13,20H,4-5,14-15H2,1-3H3. The van der Waals surface area contributed by atoms with Crippen molar-refractivity contribution in [1.82, 2.24) is 0 Å². The molecule has 3 rings (SSSR count). The van der Waals surface area contributed by atoms with Crippen LogP contribution in [0.1, 0.15) is 44.7 Å². The molecule has 0 radical (unpaired) electrons. The topological polar surface area (TPSA) is 3.24 Å². The molecule has 0 aromatic heterocycles. The maximum absolute atomic E-state index is 13.1. The van der Waals surface area contributed by atoms with E-state index in [0.717, 1.165) is 13.0 Å². The molecule has 2 heteroatoms. The lowest BCUT2D eigenvalue weighted by molar-refractivity contribution is 0.590. The van der Waals surface area contributed by atoms with Crippen molar-refractivity contribution in [2.45, 2.75) is 51.5 Å². The molecule has 0 amide bonds. The van der Waals surface area contributed by atoms with Crippen LogP contribution in [0.4, 0.5) is 10.1 Å². The summed E-state index contributed by atoms with van der Waals surface area (Å²) in [5, 5.41) is 0. The number of anilines is 1. The van der Waals surface area contributed by atoms with Gasteiger partial charge in [0.1, 0.15) is 5.82 Å². The molecule has 0 N–H and O–H groups in total. The lowest BCUT2D eigenvalue weighted by Gasteiger charge is -2.28. The summed E-state index contributed by atoms with van der Waals surface area (Å²) in [6.45, 7) is 7.85. The summed E-state index contributed by atoms with van der Waals surface area (Å²) in [5.41, 5.74) is 4.09. The Labute approximate surface area is 139 Å². The zero-order chi connectivity index (χ0) is 16.4. The Kier molecular flexibility index (Phi) is 4.43. The average molecular weight is 311 g/mol. The van der Waals surface area contributed by atoms with Gasteiger partial charge in [-0.05, 0) is 60.1 Å². The number of nitrogens with zero attached hydrogens (tertiary/aromatic N) is 1. The number of halogens is 1. The van der Waals surface area contributed by atoms with Crippen LogP contribution in [0, 0.1) is 5.82 Å². The fourth-order valence-corrected chi connectivity index (χ4v) is 3.43. The van der Waals surface area contributed by atoms with Crippen LogP contribution in [0.5, 0.6) is 0 Å². The van der Waals surface area contributed by atoms with Gasteiger partial charge in [0, 0.05) is 18.3 Å². The zero-order valence-corrected chi connectivity index (χ0v) is 14.3. The van der Waals surface area contributed by atoms with Crippen LogP contribution >= 0.6 is 0 Å². The van der Waals surface area contributed by atoms with Crippen molar-refractivity contribution in [3.8, 4) is 0 Å². The summed E-state index contributed by atoms with van der Waals surface area (Å²) in [4.78, 5) is 2.51. The Morgan fingerprint density at radius 2 is 1.65 bits per heavy atom. The second kappa shape index (κ2) is 6.35. The van der Waals surface area contributed by atoms with Crippen molar-refractivity contribution in [2.24, 2.45) is 0 Å². The molecule has 0 bridgehead atoms. The molecule has 1 saturated heterocycles. The summed E-state index contributed by atoms with van der Waals surface area (Å²) < 4.78 is 13.1. The number of hydrogen-bond donors (Lipinski definition) is 0. The van der Waals surface area contributed by atoms with Crippen molar-refractivity contribution in [3.05, 3.63) is 65.5 Å². The van der Waals surface area contributed by atoms with Gasteiger partial charge in [0.25, 0.3) is 0 Å². The SMILES string of the molecule is CC(C)(C)c1ccc(N2CCCC2Cc2ccc(F)cc2)cc1. The van der Waals surface area contributed by atoms with Gasteiger partial charge in [-0.15, -0.1) is 0 Å². The third-order valence-electron chi connectivity index (χ3n) is 4.83. The highest BCUT2D eigenvalue weighted by atomic mass is 19.1. The maximum atomic E-state index is 13.1. The molecule has 1 aliphatic rings. The monoisotopic (exact) mass is 311 g/mol. The minimum atomic E-state index is -0.158. The fraction of sp³-hybridized carbons (Fsp3) is 0.429. The van der Waals surface area contributed by atoms with Gasteiger partial charge in [-0.3, -0.25) is 0 Å². The van der Waals surface area contributed by atoms with Gasteiger partial charge in [-0.1, -0.05) is 45.0 Å². The van der Waals surface area contributed by atoms with Crippen LogP contribution in [0.3, 0.4) is 0 Å². The Hall–Kier alpha value is -1.83. The summed E-state index contributed by atoms with van der Waals surface area (Å²) >= 11 is 0. The van der Waals surface area contributed by atoms with E-state index in [1.165, 1.54) is 29.7 Å². The Balaban J connectivity index is 1.74. The van der Waals surface area contributed by atoms with Crippen molar-refractivity contribution in [1.29, 1.82) is 0 Å². The minimum Gasteiger partial charge on any atom is -0.368 e. The molecule has 1 fully saturated rings. The highest BCUT2D eigenvalue weighted by molar-refractivity contribution is 5.50. The van der Waals surface area contributed by atoms with Crippen molar-refractivity contribution < 1.29 is 4.39 Å². The van der Waals surface area contributed by atoms with E-state index < -0.39 is 0 Å². The van der Waals surface area contributed by atoms with Crippen molar-refractivity contribution in [2.75, 3.05) is 11.4 Å². The van der Waals surface area contributed by atoms with Gasteiger partial charge in [-0.2, -0.15) is 0 Å². The molecular formula is C21H26FN. The van der Waals surface area contributed by atoms with Gasteiger partial charge in [0.15, 0.2) is 0 Å². The normalized spacial score (nSPS) is 18.4. The van der Waals surface area contributed by atoms with Crippen LogP contribution in [0.25, 0.3) is 0 Å². The molecule has 1 atom stereocenters. The van der Waals surface area contributed by atoms with E-state index in [1.807, 2.05) is 12.1 Å². The summed E-state index contributed by atoms with van der Waals surface area (Å²) in [5.74, 6) is -0.158. The van der Waals surface area contributed by atoms with Gasteiger partial charge < -0.3 is 4.90 Å². The molecular weight excluding hydrogens is 285 g/mol. The molecule has 0 saturated carbocycles. The largest absolute Gasteiger partial charge is 0.368 e. The highest BCUT2D eigenvalue weighted by Crippen LogP contribution is 2.30. The number of hydrogen-bond acceptors (Lipinski definition) is 1. The lowest BCUT2D eigenvalue weighted by atomic mass is 9.87.